The third-order valence-corrected chi connectivity index (χ3v) is 4.70. The fraction of sp³-hybridized carbons (Fsp3) is 0.200. The summed E-state index contributed by atoms with van der Waals surface area (Å²) in [4.78, 5) is 16.4. The van der Waals surface area contributed by atoms with E-state index in [1.807, 2.05) is 0 Å². The Hall–Kier alpha value is -3.20. The van der Waals surface area contributed by atoms with Crippen LogP contribution < -0.4 is 10.6 Å². The van der Waals surface area contributed by atoms with Crippen LogP contribution in [0.2, 0.25) is 0 Å². The van der Waals surface area contributed by atoms with Crippen molar-refractivity contribution in [2.24, 2.45) is 0 Å². The van der Waals surface area contributed by atoms with Crippen LogP contribution in [0.25, 0.3) is 0 Å². The highest BCUT2D eigenvalue weighted by Gasteiger charge is 2.17. The summed E-state index contributed by atoms with van der Waals surface area (Å²) in [5, 5.41) is 5.65. The van der Waals surface area contributed by atoms with Gasteiger partial charge in [-0.2, -0.15) is 0 Å². The zero-order valence-electron chi connectivity index (χ0n) is 15.1. The number of nitrogens with zero attached hydrogens (tertiary/aromatic N) is 2. The van der Waals surface area contributed by atoms with Crippen LogP contribution in [0, 0.1) is 23.3 Å². The predicted molar refractivity (Wildman–Crippen MR) is 97.4 cm³/mol. The molecule has 0 spiro atoms. The highest BCUT2D eigenvalue weighted by molar-refractivity contribution is 6.02. The van der Waals surface area contributed by atoms with Crippen LogP contribution in [0.3, 0.4) is 0 Å². The van der Waals surface area contributed by atoms with E-state index >= 15 is 0 Å². The summed E-state index contributed by atoms with van der Waals surface area (Å²) < 4.78 is 55.4. The lowest BCUT2D eigenvalue weighted by Crippen LogP contribution is -2.24. The Labute approximate surface area is 163 Å². The molecule has 0 bridgehead atoms. The Morgan fingerprint density at radius 3 is 2.59 bits per heavy atom. The van der Waals surface area contributed by atoms with Gasteiger partial charge in [0, 0.05) is 19.3 Å². The van der Waals surface area contributed by atoms with Gasteiger partial charge in [-0.1, -0.05) is 0 Å². The third-order valence-electron chi connectivity index (χ3n) is 4.70. The Bertz CT molecular complexity index is 1070. The summed E-state index contributed by atoms with van der Waals surface area (Å²) in [6.07, 6.45) is 3.38. The lowest BCUT2D eigenvalue weighted by Gasteiger charge is -2.18. The number of halogens is 4. The number of carbonyl (C=O) groups excluding carboxylic acids is 1. The number of nitrogens with one attached hydrogen (secondary N) is 2. The number of amides is 1. The minimum atomic E-state index is -1.54. The van der Waals surface area contributed by atoms with Crippen molar-refractivity contribution in [2.45, 2.75) is 19.5 Å². The van der Waals surface area contributed by atoms with E-state index in [2.05, 4.69) is 15.6 Å². The molecule has 9 heteroatoms. The predicted octanol–water partition coefficient (Wildman–Crippen LogP) is 3.39. The Morgan fingerprint density at radius 2 is 1.83 bits per heavy atom. The van der Waals surface area contributed by atoms with Crippen molar-refractivity contribution in [3.8, 4) is 0 Å². The molecule has 150 valence electrons. The third kappa shape index (κ3) is 4.00. The molecule has 2 aromatic carbocycles. The molecule has 0 aliphatic carbocycles. The van der Waals surface area contributed by atoms with Gasteiger partial charge in [-0.05, 0) is 53.9 Å². The maximum Gasteiger partial charge on any atom is 0.275 e. The van der Waals surface area contributed by atoms with Crippen molar-refractivity contribution in [2.75, 3.05) is 11.9 Å². The van der Waals surface area contributed by atoms with E-state index in [-0.39, 0.29) is 23.5 Å². The highest BCUT2D eigenvalue weighted by atomic mass is 19.2. The van der Waals surface area contributed by atoms with Gasteiger partial charge < -0.3 is 15.2 Å². The molecular weight excluding hydrogens is 388 g/mol. The molecule has 1 aliphatic heterocycles. The normalized spacial score (nSPS) is 13.2. The summed E-state index contributed by atoms with van der Waals surface area (Å²) in [5.74, 6) is -5.29. The Morgan fingerprint density at radius 1 is 1.07 bits per heavy atom. The SMILES string of the molecule is O=C(Nc1cc2c(cc1F)CNCC2)c1cn(Cc2cc(F)c(F)c(F)c2)cn1. The van der Waals surface area contributed by atoms with E-state index in [1.54, 1.807) is 6.07 Å². The van der Waals surface area contributed by atoms with E-state index in [9.17, 15) is 22.4 Å². The Kier molecular flexibility index (Phi) is 5.06. The van der Waals surface area contributed by atoms with Gasteiger partial charge in [-0.15, -0.1) is 0 Å². The topological polar surface area (TPSA) is 59.0 Å². The number of hydrogen-bond donors (Lipinski definition) is 2. The molecule has 29 heavy (non-hydrogen) atoms. The van der Waals surface area contributed by atoms with Crippen LogP contribution in [0.4, 0.5) is 23.2 Å². The van der Waals surface area contributed by atoms with Crippen LogP contribution in [0.1, 0.15) is 27.2 Å². The molecule has 0 saturated heterocycles. The number of fused-ring (bicyclic) bond motifs is 1. The zero-order chi connectivity index (χ0) is 20.5. The van der Waals surface area contributed by atoms with Crippen molar-refractivity contribution in [1.82, 2.24) is 14.9 Å². The maximum absolute atomic E-state index is 14.3. The van der Waals surface area contributed by atoms with E-state index < -0.39 is 29.2 Å². The average Bonchev–Trinajstić information content (AvgIpc) is 3.15. The van der Waals surface area contributed by atoms with Crippen LogP contribution in [-0.2, 0) is 19.5 Å². The first-order valence-electron chi connectivity index (χ1n) is 8.89. The van der Waals surface area contributed by atoms with Gasteiger partial charge >= 0.3 is 0 Å². The molecule has 3 aromatic rings. The highest BCUT2D eigenvalue weighted by Crippen LogP contribution is 2.23. The standard InChI is InChI=1S/C20H16F4N4O/c21-14-5-13-7-25-2-1-12(13)6-17(14)27-20(29)18-9-28(10-26-18)8-11-3-15(22)19(24)16(23)4-11/h3-6,9-10,25H,1-2,7-8H2,(H,27,29). The van der Waals surface area contributed by atoms with E-state index in [1.165, 1.54) is 23.2 Å². The molecule has 0 saturated carbocycles. The van der Waals surface area contributed by atoms with Crippen LogP contribution in [0.5, 0.6) is 0 Å². The number of aromatic nitrogens is 2. The first kappa shape index (κ1) is 19.1. The van der Waals surface area contributed by atoms with Crippen LogP contribution >= 0.6 is 0 Å². The molecular formula is C20H16F4N4O. The van der Waals surface area contributed by atoms with E-state index in [0.29, 0.717) is 6.54 Å². The van der Waals surface area contributed by atoms with Gasteiger partial charge in [-0.25, -0.2) is 22.5 Å². The minimum absolute atomic E-state index is 0.00634. The molecule has 0 unspecified atom stereocenters. The molecule has 1 aromatic heterocycles. The second kappa shape index (κ2) is 7.67. The number of anilines is 1. The fourth-order valence-electron chi connectivity index (χ4n) is 3.26. The second-order valence-electron chi connectivity index (χ2n) is 6.79. The molecule has 1 amide bonds. The average molecular weight is 404 g/mol. The van der Waals surface area contributed by atoms with Gasteiger partial charge in [0.1, 0.15) is 11.5 Å². The summed E-state index contributed by atoms with van der Waals surface area (Å²) in [6.45, 7) is 1.34. The molecule has 2 heterocycles. The van der Waals surface area contributed by atoms with Crippen molar-refractivity contribution >= 4 is 11.6 Å². The van der Waals surface area contributed by atoms with Gasteiger partial charge in [0.05, 0.1) is 12.0 Å². The monoisotopic (exact) mass is 404 g/mol. The minimum Gasteiger partial charge on any atom is -0.332 e. The van der Waals surface area contributed by atoms with Gasteiger partial charge in [0.15, 0.2) is 17.5 Å². The summed E-state index contributed by atoms with van der Waals surface area (Å²) in [7, 11) is 0. The van der Waals surface area contributed by atoms with Crippen LogP contribution in [0.15, 0.2) is 36.8 Å². The summed E-state index contributed by atoms with van der Waals surface area (Å²) in [5.41, 5.74) is 2.06. The molecule has 4 rings (SSSR count). The fourth-order valence-corrected chi connectivity index (χ4v) is 3.26. The number of hydrogen-bond acceptors (Lipinski definition) is 3. The van der Waals surface area contributed by atoms with Gasteiger partial charge in [-0.3, -0.25) is 4.79 Å². The zero-order valence-corrected chi connectivity index (χ0v) is 15.1. The first-order valence-corrected chi connectivity index (χ1v) is 8.89. The van der Waals surface area contributed by atoms with E-state index in [0.717, 1.165) is 36.2 Å². The van der Waals surface area contributed by atoms with Crippen molar-refractivity contribution in [3.05, 3.63) is 82.4 Å². The van der Waals surface area contributed by atoms with Crippen molar-refractivity contribution in [1.29, 1.82) is 0 Å². The maximum atomic E-state index is 14.3. The lowest BCUT2D eigenvalue weighted by atomic mass is 10.00. The van der Waals surface area contributed by atoms with Gasteiger partial charge in [0.2, 0.25) is 0 Å². The number of carbonyl (C=O) groups is 1. The number of imidazole rings is 1. The second-order valence-corrected chi connectivity index (χ2v) is 6.79. The van der Waals surface area contributed by atoms with Crippen LogP contribution in [-0.4, -0.2) is 22.0 Å². The van der Waals surface area contributed by atoms with Gasteiger partial charge in [0.25, 0.3) is 5.91 Å². The van der Waals surface area contributed by atoms with E-state index in [4.69, 9.17) is 0 Å². The number of rotatable bonds is 4. The van der Waals surface area contributed by atoms with Crippen molar-refractivity contribution in [3.63, 3.8) is 0 Å². The van der Waals surface area contributed by atoms with Crippen molar-refractivity contribution < 1.29 is 22.4 Å². The lowest BCUT2D eigenvalue weighted by molar-refractivity contribution is 0.102. The largest absolute Gasteiger partial charge is 0.332 e. The first-order chi connectivity index (χ1) is 13.9. The molecule has 5 nitrogen and oxygen atoms in total. The summed E-state index contributed by atoms with van der Waals surface area (Å²) >= 11 is 0. The summed E-state index contributed by atoms with van der Waals surface area (Å²) in [6, 6.07) is 4.75. The Balaban J connectivity index is 1.49. The smallest absolute Gasteiger partial charge is 0.275 e. The molecule has 1 aliphatic rings. The molecule has 0 radical (unpaired) electrons. The molecule has 0 atom stereocenters. The molecule has 2 N–H and O–H groups in total. The number of benzene rings is 2. The quantitative estimate of drug-likeness (QED) is 0.518. The molecule has 0 fully saturated rings.